The van der Waals surface area contributed by atoms with Gasteiger partial charge in [0, 0.05) is 45.0 Å². The Balaban J connectivity index is 1.37. The van der Waals surface area contributed by atoms with Crippen LogP contribution in [0.15, 0.2) is 29.3 Å². The number of anilines is 1. The van der Waals surface area contributed by atoms with Gasteiger partial charge in [-0.25, -0.2) is 9.78 Å². The van der Waals surface area contributed by atoms with E-state index in [1.165, 1.54) is 10.9 Å². The summed E-state index contributed by atoms with van der Waals surface area (Å²) in [4.78, 5) is 48.3. The maximum Gasteiger partial charge on any atom is 0.410 e. The van der Waals surface area contributed by atoms with E-state index in [9.17, 15) is 19.5 Å². The lowest BCUT2D eigenvalue weighted by Crippen LogP contribution is -2.50. The van der Waals surface area contributed by atoms with E-state index < -0.39 is 17.3 Å². The second kappa shape index (κ2) is 10.8. The van der Waals surface area contributed by atoms with Gasteiger partial charge in [0.05, 0.1) is 35.9 Å². The van der Waals surface area contributed by atoms with Crippen molar-refractivity contribution in [2.24, 2.45) is 0 Å². The monoisotopic (exact) mass is 514 g/mol. The normalized spacial score (nSPS) is 19.1. The number of fused-ring (bicyclic) bond motifs is 1. The van der Waals surface area contributed by atoms with Gasteiger partial charge in [0.2, 0.25) is 5.91 Å². The van der Waals surface area contributed by atoms with Crippen LogP contribution in [-0.2, 0) is 16.1 Å². The first-order valence-corrected chi connectivity index (χ1v) is 12.8. The lowest BCUT2D eigenvalue weighted by atomic mass is 9.91. The number of piperidine rings is 1. The fraction of sp³-hybridized carbons (Fsp3) is 0.615. The average molecular weight is 515 g/mol. The Morgan fingerprint density at radius 2 is 1.78 bits per heavy atom. The lowest BCUT2D eigenvalue weighted by molar-refractivity contribution is -0.117. The summed E-state index contributed by atoms with van der Waals surface area (Å²) in [7, 11) is 2.07. The van der Waals surface area contributed by atoms with E-state index in [4.69, 9.17) is 4.74 Å². The minimum absolute atomic E-state index is 0.0838. The number of hydrogen-bond donors (Lipinski definition) is 2. The van der Waals surface area contributed by atoms with E-state index >= 15 is 0 Å². The molecule has 0 spiro atoms. The van der Waals surface area contributed by atoms with Gasteiger partial charge < -0.3 is 25.0 Å². The van der Waals surface area contributed by atoms with Crippen molar-refractivity contribution in [2.75, 3.05) is 58.2 Å². The zero-order valence-electron chi connectivity index (χ0n) is 22.2. The molecule has 2 N–H and O–H groups in total. The number of ether oxygens (including phenoxy) is 1. The summed E-state index contributed by atoms with van der Waals surface area (Å²) >= 11 is 0. The number of aromatic nitrogens is 2. The van der Waals surface area contributed by atoms with Crippen molar-refractivity contribution in [3.05, 3.63) is 34.9 Å². The SMILES string of the molecule is CN1CCN(CC(=O)Nc2ccc3c(=O)n(CC4(O)CCN(C(=O)OC(C)(C)C)CC4)cnc3c2)CC1. The topological polar surface area (TPSA) is 120 Å². The molecule has 0 saturated carbocycles. The third-order valence-corrected chi connectivity index (χ3v) is 6.88. The molecule has 0 radical (unpaired) electrons. The molecule has 2 amide bonds. The molecule has 3 heterocycles. The Morgan fingerprint density at radius 3 is 2.43 bits per heavy atom. The van der Waals surface area contributed by atoms with Gasteiger partial charge >= 0.3 is 6.09 Å². The van der Waals surface area contributed by atoms with Gasteiger partial charge in [-0.3, -0.25) is 19.1 Å². The molecular formula is C26H38N6O5. The molecule has 0 atom stereocenters. The number of carbonyl (C=O) groups is 2. The van der Waals surface area contributed by atoms with Crippen LogP contribution >= 0.6 is 0 Å². The first-order valence-electron chi connectivity index (χ1n) is 12.8. The van der Waals surface area contributed by atoms with Crippen LogP contribution in [0.1, 0.15) is 33.6 Å². The van der Waals surface area contributed by atoms with Gasteiger partial charge in [0.1, 0.15) is 5.60 Å². The van der Waals surface area contributed by atoms with Crippen LogP contribution in [-0.4, -0.2) is 105 Å². The molecule has 11 nitrogen and oxygen atoms in total. The van der Waals surface area contributed by atoms with Gasteiger partial charge in [-0.2, -0.15) is 0 Å². The summed E-state index contributed by atoms with van der Waals surface area (Å²) in [5.41, 5.74) is -0.907. The fourth-order valence-electron chi connectivity index (χ4n) is 4.67. The first kappa shape index (κ1) is 27.0. The van der Waals surface area contributed by atoms with E-state index in [2.05, 4.69) is 27.1 Å². The third kappa shape index (κ3) is 7.06. The zero-order valence-corrected chi connectivity index (χ0v) is 22.2. The van der Waals surface area contributed by atoms with Gasteiger partial charge in [0.25, 0.3) is 5.56 Å². The average Bonchev–Trinajstić information content (AvgIpc) is 2.82. The van der Waals surface area contributed by atoms with Crippen LogP contribution in [0, 0.1) is 0 Å². The molecule has 2 aliphatic rings. The first-order chi connectivity index (χ1) is 17.4. The van der Waals surface area contributed by atoms with Gasteiger partial charge in [0.15, 0.2) is 0 Å². The molecule has 0 unspecified atom stereocenters. The van der Waals surface area contributed by atoms with E-state index in [0.29, 0.717) is 49.1 Å². The van der Waals surface area contributed by atoms with Crippen LogP contribution in [0.2, 0.25) is 0 Å². The molecule has 1 aromatic heterocycles. The van der Waals surface area contributed by atoms with Crippen LogP contribution < -0.4 is 10.9 Å². The van der Waals surface area contributed by atoms with Crippen molar-refractivity contribution < 1.29 is 19.4 Å². The molecule has 4 rings (SSSR count). The van der Waals surface area contributed by atoms with Gasteiger partial charge in [-0.05, 0) is 58.9 Å². The number of nitrogens with one attached hydrogen (secondary N) is 1. The van der Waals surface area contributed by atoms with Crippen molar-refractivity contribution in [2.45, 2.75) is 51.4 Å². The van der Waals surface area contributed by atoms with E-state index in [1.807, 2.05) is 20.8 Å². The summed E-state index contributed by atoms with van der Waals surface area (Å²) in [6, 6.07) is 5.05. The largest absolute Gasteiger partial charge is 0.444 e. The Kier molecular flexibility index (Phi) is 7.86. The number of aliphatic hydroxyl groups is 1. The quantitative estimate of drug-likeness (QED) is 0.614. The summed E-state index contributed by atoms with van der Waals surface area (Å²) in [6.45, 7) is 10.1. The highest BCUT2D eigenvalue weighted by Gasteiger charge is 2.36. The predicted octanol–water partition coefficient (Wildman–Crippen LogP) is 1.34. The number of rotatable bonds is 5. The number of likely N-dealkylation sites (tertiary alicyclic amines) is 1. The highest BCUT2D eigenvalue weighted by atomic mass is 16.6. The number of piperazine rings is 1. The number of carbonyl (C=O) groups excluding carboxylic acids is 2. The second-order valence-corrected chi connectivity index (χ2v) is 11.2. The molecule has 0 bridgehead atoms. The standard InChI is InChI=1S/C26H38N6O5/c1-25(2,3)37-24(35)31-9-7-26(36,8-10-31)17-32-18-27-21-15-19(5-6-20(21)23(32)34)28-22(33)16-30-13-11-29(4)12-14-30/h5-6,15,18,36H,7-14,16-17H2,1-4H3,(H,28,33). The van der Waals surface area contributed by atoms with Gasteiger partial charge in [-0.15, -0.1) is 0 Å². The zero-order chi connectivity index (χ0) is 26.8. The number of hydrogen-bond acceptors (Lipinski definition) is 8. The molecule has 2 aromatic rings. The maximum absolute atomic E-state index is 13.1. The maximum atomic E-state index is 13.1. The second-order valence-electron chi connectivity index (χ2n) is 11.2. The number of likely N-dealkylation sites (N-methyl/N-ethyl adjacent to an activating group) is 1. The van der Waals surface area contributed by atoms with E-state index in [0.717, 1.165) is 26.2 Å². The summed E-state index contributed by atoms with van der Waals surface area (Å²) < 4.78 is 6.83. The molecule has 0 aliphatic carbocycles. The molecule has 2 fully saturated rings. The van der Waals surface area contributed by atoms with Crippen LogP contribution in [0.3, 0.4) is 0 Å². The number of amides is 2. The van der Waals surface area contributed by atoms with E-state index in [-0.39, 0.29) is 18.0 Å². The van der Waals surface area contributed by atoms with Crippen molar-refractivity contribution in [1.82, 2.24) is 24.3 Å². The summed E-state index contributed by atoms with van der Waals surface area (Å²) in [5.74, 6) is -0.0998. The van der Waals surface area contributed by atoms with Crippen LogP contribution in [0.25, 0.3) is 10.9 Å². The Labute approximate surface area is 217 Å². The Hall–Kier alpha value is -3.02. The molecule has 2 saturated heterocycles. The highest BCUT2D eigenvalue weighted by Crippen LogP contribution is 2.25. The predicted molar refractivity (Wildman–Crippen MR) is 141 cm³/mol. The van der Waals surface area contributed by atoms with Crippen LogP contribution in [0.4, 0.5) is 10.5 Å². The number of benzene rings is 1. The molecule has 202 valence electrons. The number of nitrogens with zero attached hydrogens (tertiary/aromatic N) is 5. The highest BCUT2D eigenvalue weighted by molar-refractivity contribution is 5.94. The molecular weight excluding hydrogens is 476 g/mol. The van der Waals surface area contributed by atoms with E-state index in [1.54, 1.807) is 23.1 Å². The lowest BCUT2D eigenvalue weighted by Gasteiger charge is -2.38. The Morgan fingerprint density at radius 1 is 1.11 bits per heavy atom. The fourth-order valence-corrected chi connectivity index (χ4v) is 4.67. The molecule has 11 heteroatoms. The van der Waals surface area contributed by atoms with Crippen molar-refractivity contribution in [3.63, 3.8) is 0 Å². The minimum Gasteiger partial charge on any atom is -0.444 e. The van der Waals surface area contributed by atoms with Crippen molar-refractivity contribution in [1.29, 1.82) is 0 Å². The van der Waals surface area contributed by atoms with Gasteiger partial charge in [-0.1, -0.05) is 0 Å². The van der Waals surface area contributed by atoms with Crippen LogP contribution in [0.5, 0.6) is 0 Å². The van der Waals surface area contributed by atoms with Crippen molar-refractivity contribution in [3.8, 4) is 0 Å². The summed E-state index contributed by atoms with van der Waals surface area (Å²) in [6.07, 6.45) is 1.69. The summed E-state index contributed by atoms with van der Waals surface area (Å²) in [5, 5.41) is 14.4. The molecule has 1 aromatic carbocycles. The third-order valence-electron chi connectivity index (χ3n) is 6.88. The molecule has 2 aliphatic heterocycles. The minimum atomic E-state index is -1.13. The Bertz CT molecular complexity index is 1190. The smallest absolute Gasteiger partial charge is 0.410 e. The molecule has 37 heavy (non-hydrogen) atoms. The van der Waals surface area contributed by atoms with Crippen molar-refractivity contribution >= 4 is 28.6 Å².